The van der Waals surface area contributed by atoms with Crippen molar-refractivity contribution in [1.29, 1.82) is 0 Å². The number of hydrogen-bond acceptors (Lipinski definition) is 3. The third-order valence-electron chi connectivity index (χ3n) is 6.17. The highest BCUT2D eigenvalue weighted by atomic mass is 16.2. The number of nitrogens with zero attached hydrogens (tertiary/aromatic N) is 3. The summed E-state index contributed by atoms with van der Waals surface area (Å²) >= 11 is 0. The molecule has 0 saturated carbocycles. The minimum absolute atomic E-state index is 0.0198. The fourth-order valence-corrected chi connectivity index (χ4v) is 4.38. The molecule has 1 unspecified atom stereocenters. The van der Waals surface area contributed by atoms with Crippen LogP contribution in [0.3, 0.4) is 0 Å². The number of rotatable bonds is 6. The lowest BCUT2D eigenvalue weighted by molar-refractivity contribution is 0.0619. The molecule has 4 rings (SSSR count). The molecule has 6 nitrogen and oxygen atoms in total. The van der Waals surface area contributed by atoms with Crippen LogP contribution in [0.15, 0.2) is 54.6 Å². The predicted octanol–water partition coefficient (Wildman–Crippen LogP) is 3.00. The molecule has 2 aliphatic rings. The molecule has 2 aliphatic heterocycles. The quantitative estimate of drug-likeness (QED) is 0.802. The second-order valence-corrected chi connectivity index (χ2v) is 8.18. The number of carbonyl (C=O) groups is 2. The number of nitrogens with one attached hydrogen (secondary N) is 1. The van der Waals surface area contributed by atoms with Crippen LogP contribution in [0.1, 0.15) is 28.8 Å². The van der Waals surface area contributed by atoms with E-state index in [1.807, 2.05) is 42.3 Å². The Morgan fingerprint density at radius 2 is 1.97 bits per heavy atom. The highest BCUT2D eigenvalue weighted by molar-refractivity contribution is 5.98. The standard InChI is InChI=1S/C24H30N4O2/c1-26(22-11-6-14-27(18-22)15-12-19-7-3-2-4-8-19)23(29)20-9-5-10-21(17-20)28-16-13-25-24(28)30/h2-5,7-10,17,22H,6,11-16,18H2,1H3,(H,25,30). The highest BCUT2D eigenvalue weighted by Gasteiger charge is 2.27. The van der Waals surface area contributed by atoms with E-state index in [9.17, 15) is 9.59 Å². The van der Waals surface area contributed by atoms with Gasteiger partial charge in [0.15, 0.2) is 0 Å². The SMILES string of the molecule is CN(C(=O)c1cccc(N2CCNC2=O)c1)C1CCCN(CCc2ccccc2)C1. The lowest BCUT2D eigenvalue weighted by atomic mass is 10.0. The molecule has 0 bridgehead atoms. The van der Waals surface area contributed by atoms with Crippen molar-refractivity contribution in [3.8, 4) is 0 Å². The van der Waals surface area contributed by atoms with Crippen LogP contribution in [0.4, 0.5) is 10.5 Å². The van der Waals surface area contributed by atoms with Gasteiger partial charge in [0.25, 0.3) is 5.91 Å². The van der Waals surface area contributed by atoms with Gasteiger partial charge in [0.1, 0.15) is 0 Å². The van der Waals surface area contributed by atoms with Crippen molar-refractivity contribution < 1.29 is 9.59 Å². The average molecular weight is 407 g/mol. The van der Waals surface area contributed by atoms with Crippen LogP contribution in [-0.2, 0) is 6.42 Å². The molecular formula is C24H30N4O2. The van der Waals surface area contributed by atoms with Crippen molar-refractivity contribution in [2.45, 2.75) is 25.3 Å². The Balaban J connectivity index is 1.38. The van der Waals surface area contributed by atoms with Gasteiger partial charge in [-0.05, 0) is 49.6 Å². The molecule has 0 aromatic heterocycles. The second-order valence-electron chi connectivity index (χ2n) is 8.18. The number of likely N-dealkylation sites (tertiary alicyclic amines) is 1. The molecule has 3 amide bonds. The first-order chi connectivity index (χ1) is 14.6. The van der Waals surface area contributed by atoms with E-state index in [0.29, 0.717) is 18.7 Å². The zero-order valence-electron chi connectivity index (χ0n) is 17.6. The van der Waals surface area contributed by atoms with E-state index in [-0.39, 0.29) is 18.0 Å². The van der Waals surface area contributed by atoms with Gasteiger partial charge in [-0.3, -0.25) is 9.69 Å². The van der Waals surface area contributed by atoms with Crippen molar-refractivity contribution in [2.75, 3.05) is 44.7 Å². The maximum absolute atomic E-state index is 13.2. The summed E-state index contributed by atoms with van der Waals surface area (Å²) in [7, 11) is 1.91. The summed E-state index contributed by atoms with van der Waals surface area (Å²) in [6.07, 6.45) is 3.16. The van der Waals surface area contributed by atoms with Crippen molar-refractivity contribution in [3.63, 3.8) is 0 Å². The van der Waals surface area contributed by atoms with Gasteiger partial charge in [-0.2, -0.15) is 0 Å². The highest BCUT2D eigenvalue weighted by Crippen LogP contribution is 2.21. The van der Waals surface area contributed by atoms with Gasteiger partial charge in [-0.15, -0.1) is 0 Å². The topological polar surface area (TPSA) is 55.9 Å². The van der Waals surface area contributed by atoms with Crippen LogP contribution in [0.2, 0.25) is 0 Å². The monoisotopic (exact) mass is 406 g/mol. The van der Waals surface area contributed by atoms with Gasteiger partial charge < -0.3 is 15.1 Å². The van der Waals surface area contributed by atoms with E-state index in [1.54, 1.807) is 4.90 Å². The maximum atomic E-state index is 13.2. The van der Waals surface area contributed by atoms with Gasteiger partial charge in [0, 0.05) is 50.5 Å². The number of hydrogen-bond donors (Lipinski definition) is 1. The molecule has 158 valence electrons. The third kappa shape index (κ3) is 4.65. The van der Waals surface area contributed by atoms with Gasteiger partial charge >= 0.3 is 6.03 Å². The molecule has 2 saturated heterocycles. The predicted molar refractivity (Wildman–Crippen MR) is 119 cm³/mol. The Bertz CT molecular complexity index is 886. The first-order valence-corrected chi connectivity index (χ1v) is 10.8. The number of carbonyl (C=O) groups excluding carboxylic acids is 2. The smallest absolute Gasteiger partial charge is 0.321 e. The van der Waals surface area contributed by atoms with E-state index >= 15 is 0 Å². The van der Waals surface area contributed by atoms with E-state index in [1.165, 1.54) is 5.56 Å². The van der Waals surface area contributed by atoms with Gasteiger partial charge in [0.05, 0.1) is 0 Å². The zero-order valence-corrected chi connectivity index (χ0v) is 17.6. The Hall–Kier alpha value is -2.86. The fraction of sp³-hybridized carbons (Fsp3) is 0.417. The molecule has 0 aliphatic carbocycles. The fourth-order valence-electron chi connectivity index (χ4n) is 4.38. The second kappa shape index (κ2) is 9.30. The molecule has 2 fully saturated rings. The van der Waals surface area contributed by atoms with Gasteiger partial charge in [0.2, 0.25) is 0 Å². The van der Waals surface area contributed by atoms with Crippen LogP contribution in [0, 0.1) is 0 Å². The Morgan fingerprint density at radius 3 is 2.73 bits per heavy atom. The van der Waals surface area contributed by atoms with E-state index in [2.05, 4.69) is 34.5 Å². The molecule has 1 atom stereocenters. The average Bonchev–Trinajstić information content (AvgIpc) is 3.23. The van der Waals surface area contributed by atoms with Crippen LogP contribution < -0.4 is 10.2 Å². The van der Waals surface area contributed by atoms with Crippen molar-refractivity contribution in [2.24, 2.45) is 0 Å². The van der Waals surface area contributed by atoms with Crippen molar-refractivity contribution in [3.05, 3.63) is 65.7 Å². The largest absolute Gasteiger partial charge is 0.337 e. The summed E-state index contributed by atoms with van der Waals surface area (Å²) in [5.41, 5.74) is 2.76. The maximum Gasteiger partial charge on any atom is 0.321 e. The number of benzene rings is 2. The molecule has 0 radical (unpaired) electrons. The van der Waals surface area contributed by atoms with Gasteiger partial charge in [-0.1, -0.05) is 36.4 Å². The lowest BCUT2D eigenvalue weighted by Gasteiger charge is -2.37. The van der Waals surface area contributed by atoms with Crippen LogP contribution in [0.25, 0.3) is 0 Å². The Labute approximate surface area is 178 Å². The summed E-state index contributed by atoms with van der Waals surface area (Å²) in [6, 6.07) is 18.1. The third-order valence-corrected chi connectivity index (χ3v) is 6.17. The minimum Gasteiger partial charge on any atom is -0.337 e. The van der Waals surface area contributed by atoms with Crippen molar-refractivity contribution >= 4 is 17.6 Å². The zero-order chi connectivity index (χ0) is 20.9. The van der Waals surface area contributed by atoms with Crippen LogP contribution in [0.5, 0.6) is 0 Å². The van der Waals surface area contributed by atoms with E-state index in [0.717, 1.165) is 44.6 Å². The summed E-state index contributed by atoms with van der Waals surface area (Å²) in [6.45, 7) is 4.28. The van der Waals surface area contributed by atoms with Crippen LogP contribution in [-0.4, -0.2) is 67.6 Å². The molecule has 2 aromatic carbocycles. The minimum atomic E-state index is -0.103. The molecule has 0 spiro atoms. The molecular weight excluding hydrogens is 376 g/mol. The molecule has 1 N–H and O–H groups in total. The number of piperidine rings is 1. The number of urea groups is 1. The number of likely N-dealkylation sites (N-methyl/N-ethyl adjacent to an activating group) is 1. The van der Waals surface area contributed by atoms with Gasteiger partial charge in [-0.25, -0.2) is 4.79 Å². The first kappa shape index (κ1) is 20.4. The van der Waals surface area contributed by atoms with E-state index < -0.39 is 0 Å². The van der Waals surface area contributed by atoms with Crippen LogP contribution >= 0.6 is 0 Å². The molecule has 2 heterocycles. The summed E-state index contributed by atoms with van der Waals surface area (Å²) in [4.78, 5) is 31.2. The normalized spacial score (nSPS) is 19.6. The number of anilines is 1. The summed E-state index contributed by atoms with van der Waals surface area (Å²) in [5, 5.41) is 2.81. The molecule has 6 heteroatoms. The molecule has 30 heavy (non-hydrogen) atoms. The van der Waals surface area contributed by atoms with Crippen molar-refractivity contribution in [1.82, 2.24) is 15.1 Å². The molecule has 2 aromatic rings. The van der Waals surface area contributed by atoms with E-state index in [4.69, 9.17) is 0 Å². The lowest BCUT2D eigenvalue weighted by Crippen LogP contribution is -2.49. The first-order valence-electron chi connectivity index (χ1n) is 10.8. The number of amides is 3. The Kier molecular flexibility index (Phi) is 6.33. The Morgan fingerprint density at radius 1 is 1.13 bits per heavy atom. The summed E-state index contributed by atoms with van der Waals surface area (Å²) < 4.78 is 0. The summed E-state index contributed by atoms with van der Waals surface area (Å²) in [5.74, 6) is 0.0198.